The van der Waals surface area contributed by atoms with Crippen LogP contribution in [0.5, 0.6) is 0 Å². The molecule has 0 saturated carbocycles. The number of aliphatic hydroxyl groups excluding tert-OH is 3. The molecule has 7 heteroatoms. The second kappa shape index (κ2) is 11.8. The summed E-state index contributed by atoms with van der Waals surface area (Å²) < 4.78 is 9.75. The zero-order valence-electron chi connectivity index (χ0n) is 14.9. The highest BCUT2D eigenvalue weighted by Gasteiger charge is 2.15. The number of aromatic nitrogens is 1. The third-order valence-corrected chi connectivity index (χ3v) is 3.90. The van der Waals surface area contributed by atoms with Crippen molar-refractivity contribution in [3.05, 3.63) is 23.9 Å². The first kappa shape index (κ1) is 21.3. The first-order valence-electron chi connectivity index (χ1n) is 8.72. The third-order valence-electron chi connectivity index (χ3n) is 3.90. The summed E-state index contributed by atoms with van der Waals surface area (Å²) in [7, 11) is 1.31. The molecule has 3 N–H and O–H groups in total. The Kier molecular flexibility index (Phi) is 10.1. The molecule has 0 aliphatic carbocycles. The Morgan fingerprint density at radius 2 is 2.04 bits per heavy atom. The average Bonchev–Trinajstić information content (AvgIpc) is 3.08. The van der Waals surface area contributed by atoms with Crippen molar-refractivity contribution in [3.63, 3.8) is 0 Å². The quantitative estimate of drug-likeness (QED) is 0.390. The van der Waals surface area contributed by atoms with Crippen LogP contribution in [0.2, 0.25) is 0 Å². The molecule has 142 valence electrons. The summed E-state index contributed by atoms with van der Waals surface area (Å²) in [4.78, 5) is 15.2. The molecular weight excluding hydrogens is 326 g/mol. The molecule has 0 saturated heterocycles. The molecule has 7 nitrogen and oxygen atoms in total. The summed E-state index contributed by atoms with van der Waals surface area (Å²) >= 11 is 0. The number of nitrogens with zero attached hydrogens (tertiary/aromatic N) is 1. The Hall–Kier alpha value is -1.70. The smallest absolute Gasteiger partial charge is 0.305 e. The van der Waals surface area contributed by atoms with Crippen LogP contribution in [0.1, 0.15) is 69.6 Å². The van der Waals surface area contributed by atoms with Crippen LogP contribution in [0.3, 0.4) is 0 Å². The van der Waals surface area contributed by atoms with E-state index < -0.39 is 18.3 Å². The van der Waals surface area contributed by atoms with Gasteiger partial charge in [0.1, 0.15) is 12.0 Å². The van der Waals surface area contributed by atoms with Crippen LogP contribution < -0.4 is 0 Å². The fourth-order valence-corrected chi connectivity index (χ4v) is 2.30. The molecule has 0 fully saturated rings. The van der Waals surface area contributed by atoms with Gasteiger partial charge in [-0.3, -0.25) is 4.79 Å². The molecule has 0 amide bonds. The minimum Gasteiger partial charge on any atom is -0.469 e. The maximum absolute atomic E-state index is 11.0. The maximum atomic E-state index is 11.0. The van der Waals surface area contributed by atoms with Crippen LogP contribution in [0.4, 0.5) is 0 Å². The van der Waals surface area contributed by atoms with Crippen molar-refractivity contribution in [2.24, 2.45) is 0 Å². The Balaban J connectivity index is 2.42. The zero-order valence-corrected chi connectivity index (χ0v) is 14.9. The van der Waals surface area contributed by atoms with Gasteiger partial charge in [-0.05, 0) is 31.4 Å². The van der Waals surface area contributed by atoms with Gasteiger partial charge in [-0.2, -0.15) is 0 Å². The van der Waals surface area contributed by atoms with E-state index in [1.807, 2.05) is 0 Å². The summed E-state index contributed by atoms with van der Waals surface area (Å²) in [6.07, 6.45) is 6.07. The predicted molar refractivity (Wildman–Crippen MR) is 92.5 cm³/mol. The summed E-state index contributed by atoms with van der Waals surface area (Å²) in [6, 6.07) is 0. The standard InChI is InChI=1S/C18H29NO6/c1-3-4-5-7-14(20)13-12-25-17(19-13)11-10-16(22)15(21)8-6-9-18(23)24-2/h10-12,14-16,20-22H,3-9H2,1-2H3/b11-10+. The second-order valence-corrected chi connectivity index (χ2v) is 6.01. The monoisotopic (exact) mass is 355 g/mol. The maximum Gasteiger partial charge on any atom is 0.305 e. The molecule has 0 bridgehead atoms. The fraction of sp³-hybridized carbons (Fsp3) is 0.667. The van der Waals surface area contributed by atoms with Crippen LogP contribution >= 0.6 is 0 Å². The van der Waals surface area contributed by atoms with Crippen LogP contribution in [-0.2, 0) is 9.53 Å². The lowest BCUT2D eigenvalue weighted by atomic mass is 10.1. The summed E-state index contributed by atoms with van der Waals surface area (Å²) in [6.45, 7) is 2.10. The molecule has 25 heavy (non-hydrogen) atoms. The van der Waals surface area contributed by atoms with E-state index >= 15 is 0 Å². The van der Waals surface area contributed by atoms with Gasteiger partial charge in [-0.25, -0.2) is 4.98 Å². The Bertz CT molecular complexity index is 527. The lowest BCUT2D eigenvalue weighted by Gasteiger charge is -2.13. The highest BCUT2D eigenvalue weighted by Crippen LogP contribution is 2.19. The molecule has 3 atom stereocenters. The first-order valence-corrected chi connectivity index (χ1v) is 8.72. The number of ether oxygens (including phenoxy) is 1. The van der Waals surface area contributed by atoms with E-state index in [0.717, 1.165) is 19.3 Å². The number of methoxy groups -OCH3 is 1. The van der Waals surface area contributed by atoms with Crippen molar-refractivity contribution in [2.45, 2.75) is 70.2 Å². The number of aliphatic hydroxyl groups is 3. The van der Waals surface area contributed by atoms with E-state index in [4.69, 9.17) is 4.42 Å². The van der Waals surface area contributed by atoms with Crippen molar-refractivity contribution in [1.82, 2.24) is 4.98 Å². The highest BCUT2D eigenvalue weighted by atomic mass is 16.5. The molecule has 0 aliphatic rings. The van der Waals surface area contributed by atoms with Crippen molar-refractivity contribution in [2.75, 3.05) is 7.11 Å². The van der Waals surface area contributed by atoms with Gasteiger partial charge in [0.15, 0.2) is 0 Å². The molecule has 1 rings (SSSR count). The zero-order chi connectivity index (χ0) is 18.7. The largest absolute Gasteiger partial charge is 0.469 e. The predicted octanol–water partition coefficient (Wildman–Crippen LogP) is 2.37. The van der Waals surface area contributed by atoms with Crippen LogP contribution in [0.25, 0.3) is 6.08 Å². The Morgan fingerprint density at radius 3 is 2.72 bits per heavy atom. The number of hydrogen-bond acceptors (Lipinski definition) is 7. The van der Waals surface area contributed by atoms with E-state index in [2.05, 4.69) is 16.6 Å². The fourth-order valence-electron chi connectivity index (χ4n) is 2.30. The average molecular weight is 355 g/mol. The van der Waals surface area contributed by atoms with Crippen molar-refractivity contribution in [1.29, 1.82) is 0 Å². The number of carbonyl (C=O) groups excluding carboxylic acids is 1. The molecule has 1 aromatic rings. The molecule has 1 heterocycles. The molecule has 3 unspecified atom stereocenters. The van der Waals surface area contributed by atoms with Crippen LogP contribution in [0.15, 0.2) is 16.8 Å². The van der Waals surface area contributed by atoms with E-state index in [1.54, 1.807) is 0 Å². The lowest BCUT2D eigenvalue weighted by molar-refractivity contribution is -0.140. The van der Waals surface area contributed by atoms with Gasteiger partial charge >= 0.3 is 5.97 Å². The molecule has 0 aromatic carbocycles. The highest BCUT2D eigenvalue weighted by molar-refractivity contribution is 5.68. The van der Waals surface area contributed by atoms with Crippen molar-refractivity contribution < 1.29 is 29.3 Å². The van der Waals surface area contributed by atoms with E-state index in [1.165, 1.54) is 25.5 Å². The van der Waals surface area contributed by atoms with E-state index in [9.17, 15) is 20.1 Å². The van der Waals surface area contributed by atoms with Crippen LogP contribution in [-0.4, -0.2) is 45.6 Å². The molecule has 0 radical (unpaired) electrons. The van der Waals surface area contributed by atoms with Gasteiger partial charge < -0.3 is 24.5 Å². The van der Waals surface area contributed by atoms with E-state index in [0.29, 0.717) is 18.5 Å². The number of unbranched alkanes of at least 4 members (excludes halogenated alkanes) is 2. The topological polar surface area (TPSA) is 113 Å². The Morgan fingerprint density at radius 1 is 1.28 bits per heavy atom. The van der Waals surface area contributed by atoms with Gasteiger partial charge in [-0.1, -0.05) is 26.2 Å². The number of rotatable bonds is 12. The molecule has 1 aromatic heterocycles. The normalized spacial score (nSPS) is 15.2. The molecular formula is C18H29NO6. The SMILES string of the molecule is CCCCCC(O)c1coc(/C=C/C(O)C(O)CCCC(=O)OC)n1. The number of oxazole rings is 1. The van der Waals surface area contributed by atoms with Gasteiger partial charge in [0.25, 0.3) is 0 Å². The lowest BCUT2D eigenvalue weighted by Crippen LogP contribution is -2.23. The van der Waals surface area contributed by atoms with Gasteiger partial charge in [0.2, 0.25) is 5.89 Å². The van der Waals surface area contributed by atoms with Gasteiger partial charge in [0, 0.05) is 6.42 Å². The number of carbonyl (C=O) groups is 1. The van der Waals surface area contributed by atoms with Gasteiger partial charge in [0.05, 0.1) is 25.4 Å². The summed E-state index contributed by atoms with van der Waals surface area (Å²) in [5.41, 5.74) is 0.462. The molecule has 0 spiro atoms. The third kappa shape index (κ3) is 8.29. The van der Waals surface area contributed by atoms with Gasteiger partial charge in [-0.15, -0.1) is 0 Å². The minimum atomic E-state index is -1.09. The number of hydrogen-bond donors (Lipinski definition) is 3. The first-order chi connectivity index (χ1) is 12.0. The Labute approximate surface area is 148 Å². The van der Waals surface area contributed by atoms with E-state index in [-0.39, 0.29) is 24.7 Å². The summed E-state index contributed by atoms with van der Waals surface area (Å²) in [5.74, 6) is -0.0904. The second-order valence-electron chi connectivity index (χ2n) is 6.01. The van der Waals surface area contributed by atoms with Crippen LogP contribution in [0, 0.1) is 0 Å². The summed E-state index contributed by atoms with van der Waals surface area (Å²) in [5, 5.41) is 29.8. The minimum absolute atomic E-state index is 0.197. The molecule has 0 aliphatic heterocycles. The van der Waals surface area contributed by atoms with Crippen molar-refractivity contribution >= 4 is 12.0 Å². The number of esters is 1. The van der Waals surface area contributed by atoms with Crippen molar-refractivity contribution in [3.8, 4) is 0 Å².